The molecule has 4 rings (SSSR count). The van der Waals surface area contributed by atoms with Crippen LogP contribution in [0.4, 0.5) is 5.82 Å². The van der Waals surface area contributed by atoms with E-state index in [-0.39, 0.29) is 4.90 Å². The maximum absolute atomic E-state index is 12.6. The average Bonchev–Trinajstić information content (AvgIpc) is 3.15. The number of nitrogens with one attached hydrogen (secondary N) is 1. The molecule has 1 fully saturated rings. The summed E-state index contributed by atoms with van der Waals surface area (Å²) in [5, 5.41) is 4.51. The molecule has 0 radical (unpaired) electrons. The van der Waals surface area contributed by atoms with Crippen molar-refractivity contribution in [2.75, 3.05) is 38.2 Å². The molecule has 0 amide bonds. The first kappa shape index (κ1) is 18.9. The first-order valence-corrected chi connectivity index (χ1v) is 10.9. The third-order valence-electron chi connectivity index (χ3n) is 4.91. The topological polar surface area (TPSA) is 76.5 Å². The number of morpholine rings is 1. The van der Waals surface area contributed by atoms with Crippen LogP contribution >= 0.6 is 0 Å². The third-order valence-corrected chi connectivity index (χ3v) is 6.79. The van der Waals surface area contributed by atoms with Crippen molar-refractivity contribution in [2.45, 2.75) is 17.9 Å². The van der Waals surface area contributed by atoms with Crippen LogP contribution < -0.4 is 5.32 Å². The summed E-state index contributed by atoms with van der Waals surface area (Å²) in [5.74, 6) is 0.679. The number of aryl methyl sites for hydroxylation is 1. The quantitative estimate of drug-likeness (QED) is 0.617. The first-order chi connectivity index (χ1) is 13.6. The molecule has 1 aromatic carbocycles. The Morgan fingerprint density at radius 1 is 1.07 bits per heavy atom. The summed E-state index contributed by atoms with van der Waals surface area (Å²) < 4.78 is 34.1. The number of benzene rings is 1. The lowest BCUT2D eigenvalue weighted by molar-refractivity contribution is 0.0730. The van der Waals surface area contributed by atoms with Crippen LogP contribution in [0.1, 0.15) is 6.42 Å². The molecule has 28 heavy (non-hydrogen) atoms. The molecule has 1 aliphatic heterocycles. The van der Waals surface area contributed by atoms with Gasteiger partial charge in [-0.3, -0.25) is 0 Å². The highest BCUT2D eigenvalue weighted by atomic mass is 32.2. The van der Waals surface area contributed by atoms with Gasteiger partial charge in [0.2, 0.25) is 10.0 Å². The Bertz CT molecular complexity index is 1030. The van der Waals surface area contributed by atoms with Gasteiger partial charge in [0.15, 0.2) is 0 Å². The summed E-state index contributed by atoms with van der Waals surface area (Å²) in [6.45, 7) is 3.30. The van der Waals surface area contributed by atoms with Crippen LogP contribution in [0.2, 0.25) is 0 Å². The highest BCUT2D eigenvalue weighted by Gasteiger charge is 2.26. The number of hydrogen-bond donors (Lipinski definition) is 1. The smallest absolute Gasteiger partial charge is 0.244 e. The van der Waals surface area contributed by atoms with Gasteiger partial charge in [0.1, 0.15) is 10.7 Å². The zero-order valence-electron chi connectivity index (χ0n) is 15.6. The zero-order valence-corrected chi connectivity index (χ0v) is 16.4. The van der Waals surface area contributed by atoms with Gasteiger partial charge >= 0.3 is 0 Å². The molecule has 0 aliphatic carbocycles. The second kappa shape index (κ2) is 8.30. The molecule has 7 nitrogen and oxygen atoms in total. The van der Waals surface area contributed by atoms with E-state index in [2.05, 4.69) is 39.3 Å². The molecule has 3 aromatic rings. The van der Waals surface area contributed by atoms with Crippen LogP contribution in [-0.4, -0.2) is 55.1 Å². The minimum Gasteiger partial charge on any atom is -0.379 e. The van der Waals surface area contributed by atoms with Crippen LogP contribution in [0, 0.1) is 0 Å². The number of hydrogen-bond acceptors (Lipinski definition) is 5. The van der Waals surface area contributed by atoms with E-state index in [9.17, 15) is 8.42 Å². The first-order valence-electron chi connectivity index (χ1n) is 9.46. The Morgan fingerprint density at radius 2 is 1.89 bits per heavy atom. The fourth-order valence-corrected chi connectivity index (χ4v) is 4.73. The number of para-hydroxylation sites is 1. The molecule has 0 spiro atoms. The van der Waals surface area contributed by atoms with Gasteiger partial charge in [0, 0.05) is 44.1 Å². The Labute approximate surface area is 165 Å². The standard InChI is InChI=1S/C20H24N4O3S/c25-28(26,24-12-14-27-15-13-24)18-6-7-20(22-16-18)21-9-3-10-23-11-8-17-4-1-2-5-19(17)23/h1-2,4-8,11,16H,3,9-10,12-15H2,(H,21,22). The Hall–Kier alpha value is -2.42. The van der Waals surface area contributed by atoms with Gasteiger partial charge in [-0.05, 0) is 36.1 Å². The van der Waals surface area contributed by atoms with Gasteiger partial charge in [-0.15, -0.1) is 0 Å². The molecule has 2 aromatic heterocycles. The van der Waals surface area contributed by atoms with Crippen LogP contribution in [-0.2, 0) is 21.3 Å². The Kier molecular flexibility index (Phi) is 5.61. The van der Waals surface area contributed by atoms with Crippen molar-refractivity contribution in [1.82, 2.24) is 13.9 Å². The Morgan fingerprint density at radius 3 is 2.68 bits per heavy atom. The van der Waals surface area contributed by atoms with Crippen molar-refractivity contribution >= 4 is 26.7 Å². The molecule has 3 heterocycles. The minimum absolute atomic E-state index is 0.221. The van der Waals surface area contributed by atoms with E-state index in [4.69, 9.17) is 4.74 Å². The lowest BCUT2D eigenvalue weighted by Gasteiger charge is -2.25. The van der Waals surface area contributed by atoms with Gasteiger partial charge in [-0.2, -0.15) is 4.31 Å². The predicted octanol–water partition coefficient (Wildman–Crippen LogP) is 2.56. The fourth-order valence-electron chi connectivity index (χ4n) is 3.37. The van der Waals surface area contributed by atoms with Crippen molar-refractivity contribution in [3.05, 3.63) is 54.9 Å². The summed E-state index contributed by atoms with van der Waals surface area (Å²) in [6, 6.07) is 13.8. The summed E-state index contributed by atoms with van der Waals surface area (Å²) in [4.78, 5) is 4.49. The lowest BCUT2D eigenvalue weighted by atomic mass is 10.2. The van der Waals surface area contributed by atoms with E-state index in [1.165, 1.54) is 21.4 Å². The molecule has 0 bridgehead atoms. The predicted molar refractivity (Wildman–Crippen MR) is 109 cm³/mol. The molecule has 0 saturated carbocycles. The number of fused-ring (bicyclic) bond motifs is 1. The number of pyridine rings is 1. The van der Waals surface area contributed by atoms with E-state index >= 15 is 0 Å². The molecule has 1 saturated heterocycles. The molecule has 1 aliphatic rings. The number of aromatic nitrogens is 2. The molecule has 8 heteroatoms. The van der Waals surface area contributed by atoms with Gasteiger partial charge < -0.3 is 14.6 Å². The van der Waals surface area contributed by atoms with Crippen molar-refractivity contribution in [2.24, 2.45) is 0 Å². The van der Waals surface area contributed by atoms with Gasteiger partial charge in [-0.25, -0.2) is 13.4 Å². The molecule has 0 unspecified atom stereocenters. The van der Waals surface area contributed by atoms with E-state index in [1.54, 1.807) is 12.1 Å². The monoisotopic (exact) mass is 400 g/mol. The van der Waals surface area contributed by atoms with E-state index < -0.39 is 10.0 Å². The zero-order chi connectivity index (χ0) is 19.4. The van der Waals surface area contributed by atoms with E-state index in [0.717, 1.165) is 19.5 Å². The number of anilines is 1. The van der Waals surface area contributed by atoms with Crippen molar-refractivity contribution in [3.8, 4) is 0 Å². The van der Waals surface area contributed by atoms with Crippen LogP contribution in [0.3, 0.4) is 0 Å². The van der Waals surface area contributed by atoms with Crippen molar-refractivity contribution in [3.63, 3.8) is 0 Å². The van der Waals surface area contributed by atoms with Crippen LogP contribution in [0.15, 0.2) is 59.8 Å². The highest BCUT2D eigenvalue weighted by Crippen LogP contribution is 2.18. The molecular weight excluding hydrogens is 376 g/mol. The number of nitrogens with zero attached hydrogens (tertiary/aromatic N) is 3. The average molecular weight is 401 g/mol. The summed E-state index contributed by atoms with van der Waals surface area (Å²) in [7, 11) is -3.49. The summed E-state index contributed by atoms with van der Waals surface area (Å²) >= 11 is 0. The number of sulfonamides is 1. The molecule has 0 atom stereocenters. The lowest BCUT2D eigenvalue weighted by Crippen LogP contribution is -2.40. The van der Waals surface area contributed by atoms with Crippen LogP contribution in [0.25, 0.3) is 10.9 Å². The van der Waals surface area contributed by atoms with Gasteiger partial charge in [-0.1, -0.05) is 18.2 Å². The van der Waals surface area contributed by atoms with Crippen molar-refractivity contribution < 1.29 is 13.2 Å². The highest BCUT2D eigenvalue weighted by molar-refractivity contribution is 7.89. The van der Waals surface area contributed by atoms with Gasteiger partial charge in [0.05, 0.1) is 13.2 Å². The molecule has 148 valence electrons. The second-order valence-corrected chi connectivity index (χ2v) is 8.68. The van der Waals surface area contributed by atoms with E-state index in [0.29, 0.717) is 32.1 Å². The normalized spacial score (nSPS) is 15.7. The SMILES string of the molecule is O=S(=O)(c1ccc(NCCCn2ccc3ccccc32)nc1)N1CCOCC1. The number of rotatable bonds is 7. The third kappa shape index (κ3) is 4.04. The minimum atomic E-state index is -3.49. The Balaban J connectivity index is 1.31. The maximum Gasteiger partial charge on any atom is 0.244 e. The maximum atomic E-state index is 12.6. The fraction of sp³-hybridized carbons (Fsp3) is 0.350. The largest absolute Gasteiger partial charge is 0.379 e. The molecule has 1 N–H and O–H groups in total. The summed E-state index contributed by atoms with van der Waals surface area (Å²) in [6.07, 6.45) is 4.47. The second-order valence-electron chi connectivity index (χ2n) is 6.74. The van der Waals surface area contributed by atoms with Gasteiger partial charge in [0.25, 0.3) is 0 Å². The van der Waals surface area contributed by atoms with E-state index in [1.807, 2.05) is 12.1 Å². The molecular formula is C20H24N4O3S. The van der Waals surface area contributed by atoms with Crippen molar-refractivity contribution in [1.29, 1.82) is 0 Å². The summed E-state index contributed by atoms with van der Waals surface area (Å²) in [5.41, 5.74) is 1.23. The van der Waals surface area contributed by atoms with Crippen LogP contribution in [0.5, 0.6) is 0 Å². The number of ether oxygens (including phenoxy) is 1.